The summed E-state index contributed by atoms with van der Waals surface area (Å²) in [6.07, 6.45) is 0. The van der Waals surface area contributed by atoms with Crippen molar-refractivity contribution in [3.8, 4) is 11.1 Å². The summed E-state index contributed by atoms with van der Waals surface area (Å²) in [5, 5.41) is 5.64. The molecule has 0 aliphatic carbocycles. The Morgan fingerprint density at radius 3 is 2.39 bits per heavy atom. The summed E-state index contributed by atoms with van der Waals surface area (Å²) in [7, 11) is 1.70. The first-order valence-corrected chi connectivity index (χ1v) is 11.0. The van der Waals surface area contributed by atoms with Crippen LogP contribution in [-0.4, -0.2) is 24.8 Å². The lowest BCUT2D eigenvalue weighted by Crippen LogP contribution is -2.45. The maximum atomic E-state index is 13.4. The van der Waals surface area contributed by atoms with E-state index in [0.29, 0.717) is 12.1 Å². The Balaban J connectivity index is 1.53. The summed E-state index contributed by atoms with van der Waals surface area (Å²) in [5.74, 6) is -2.09. The minimum absolute atomic E-state index is 0.256. The van der Waals surface area contributed by atoms with Gasteiger partial charge in [-0.05, 0) is 36.6 Å². The molecule has 2 atom stereocenters. The second-order valence-corrected chi connectivity index (χ2v) is 8.37. The van der Waals surface area contributed by atoms with Gasteiger partial charge in [-0.15, -0.1) is 0 Å². The van der Waals surface area contributed by atoms with E-state index in [2.05, 4.69) is 10.6 Å². The number of amides is 3. The molecule has 0 spiro atoms. The smallest absolute Gasteiger partial charge is 0.253 e. The molecular formula is C27H27N3O3. The largest absolute Gasteiger partial charge is 0.351 e. The highest BCUT2D eigenvalue weighted by molar-refractivity contribution is 6.07. The highest BCUT2D eigenvalue weighted by atomic mass is 16.2. The van der Waals surface area contributed by atoms with E-state index in [0.717, 1.165) is 27.9 Å². The van der Waals surface area contributed by atoms with E-state index in [1.165, 1.54) is 0 Å². The van der Waals surface area contributed by atoms with E-state index < -0.39 is 17.9 Å². The van der Waals surface area contributed by atoms with Crippen molar-refractivity contribution >= 4 is 23.4 Å². The van der Waals surface area contributed by atoms with E-state index >= 15 is 0 Å². The zero-order chi connectivity index (χ0) is 23.5. The number of benzene rings is 3. The number of hydrogen-bond acceptors (Lipinski definition) is 3. The predicted molar refractivity (Wildman–Crippen MR) is 128 cm³/mol. The molecule has 4 rings (SSSR count). The predicted octanol–water partition coefficient (Wildman–Crippen LogP) is 3.75. The molecule has 2 N–H and O–H groups in total. The van der Waals surface area contributed by atoms with Crippen molar-refractivity contribution in [2.75, 3.05) is 11.9 Å². The fraction of sp³-hybridized carbons (Fsp3) is 0.222. The number of rotatable bonds is 5. The molecule has 0 saturated carbocycles. The molecule has 0 aromatic heterocycles. The molecule has 3 aromatic rings. The van der Waals surface area contributed by atoms with E-state index in [1.807, 2.05) is 79.7 Å². The van der Waals surface area contributed by atoms with Crippen molar-refractivity contribution in [2.45, 2.75) is 26.4 Å². The van der Waals surface area contributed by atoms with E-state index in [-0.39, 0.29) is 11.8 Å². The maximum Gasteiger partial charge on any atom is 0.253 e. The number of aryl methyl sites for hydroxylation is 1. The molecule has 3 aromatic carbocycles. The molecule has 6 nitrogen and oxygen atoms in total. The SMILES string of the molecule is Cc1cccc(CNC(=O)[C@H](C)C(=O)N[C@@H]2C(=O)N(C)c3ccccc3-c3ccccc32)c1. The van der Waals surface area contributed by atoms with Crippen LogP contribution in [0.5, 0.6) is 0 Å². The van der Waals surface area contributed by atoms with Crippen LogP contribution in [0.15, 0.2) is 72.8 Å². The van der Waals surface area contributed by atoms with Crippen LogP contribution in [0.25, 0.3) is 11.1 Å². The van der Waals surface area contributed by atoms with Crippen molar-refractivity contribution in [1.29, 1.82) is 0 Å². The van der Waals surface area contributed by atoms with Gasteiger partial charge in [0.2, 0.25) is 11.8 Å². The van der Waals surface area contributed by atoms with Gasteiger partial charge in [0, 0.05) is 19.2 Å². The lowest BCUT2D eigenvalue weighted by Gasteiger charge is -2.24. The highest BCUT2D eigenvalue weighted by Crippen LogP contribution is 2.39. The minimum Gasteiger partial charge on any atom is -0.351 e. The fourth-order valence-electron chi connectivity index (χ4n) is 4.12. The van der Waals surface area contributed by atoms with Gasteiger partial charge in [-0.2, -0.15) is 0 Å². The molecule has 3 amide bonds. The molecule has 168 valence electrons. The van der Waals surface area contributed by atoms with E-state index in [4.69, 9.17) is 0 Å². The number of nitrogens with zero attached hydrogens (tertiary/aromatic N) is 1. The fourth-order valence-corrected chi connectivity index (χ4v) is 4.12. The summed E-state index contributed by atoms with van der Waals surface area (Å²) in [6.45, 7) is 3.87. The quantitative estimate of drug-likeness (QED) is 0.592. The van der Waals surface area contributed by atoms with Gasteiger partial charge in [0.15, 0.2) is 0 Å². The van der Waals surface area contributed by atoms with Gasteiger partial charge in [-0.3, -0.25) is 14.4 Å². The molecule has 6 heteroatoms. The second-order valence-electron chi connectivity index (χ2n) is 8.37. The molecule has 33 heavy (non-hydrogen) atoms. The summed E-state index contributed by atoms with van der Waals surface area (Å²) < 4.78 is 0. The average molecular weight is 442 g/mol. The molecular weight excluding hydrogens is 414 g/mol. The van der Waals surface area contributed by atoms with Crippen molar-refractivity contribution in [2.24, 2.45) is 5.92 Å². The third-order valence-corrected chi connectivity index (χ3v) is 6.03. The lowest BCUT2D eigenvalue weighted by molar-refractivity contribution is -0.136. The normalized spacial score (nSPS) is 15.7. The molecule has 0 bridgehead atoms. The average Bonchev–Trinajstić information content (AvgIpc) is 2.92. The Morgan fingerprint density at radius 2 is 1.64 bits per heavy atom. The summed E-state index contributed by atoms with van der Waals surface area (Å²) >= 11 is 0. The molecule has 1 heterocycles. The molecule has 1 aliphatic heterocycles. The first-order valence-electron chi connectivity index (χ1n) is 11.0. The summed E-state index contributed by atoms with van der Waals surface area (Å²) in [5.41, 5.74) is 5.35. The van der Waals surface area contributed by atoms with Crippen LogP contribution in [0, 0.1) is 12.8 Å². The van der Waals surface area contributed by atoms with Crippen LogP contribution in [0.1, 0.15) is 29.7 Å². The van der Waals surface area contributed by atoms with Crippen LogP contribution >= 0.6 is 0 Å². The van der Waals surface area contributed by atoms with Crippen molar-refractivity contribution in [3.05, 3.63) is 89.5 Å². The first-order chi connectivity index (χ1) is 15.9. The number of fused-ring (bicyclic) bond motifs is 3. The Kier molecular flexibility index (Phi) is 6.27. The molecule has 0 unspecified atom stereocenters. The summed E-state index contributed by atoms with van der Waals surface area (Å²) in [4.78, 5) is 40.6. The van der Waals surface area contributed by atoms with Crippen LogP contribution in [0.4, 0.5) is 5.69 Å². The Labute approximate surface area is 193 Å². The third-order valence-electron chi connectivity index (χ3n) is 6.03. The third kappa shape index (κ3) is 4.51. The first kappa shape index (κ1) is 22.3. The number of anilines is 1. The lowest BCUT2D eigenvalue weighted by atomic mass is 9.95. The summed E-state index contributed by atoms with van der Waals surface area (Å²) in [6, 6.07) is 22.1. The standard InChI is InChI=1S/C27H27N3O3/c1-17-9-8-10-19(15-17)16-28-25(31)18(2)26(32)29-24-22-13-5-4-11-20(22)21-12-6-7-14-23(21)30(3)27(24)33/h4-15,18,24H,16H2,1-3H3,(H,28,31)(H,29,32)/t18-,24-/m0/s1. The van der Waals surface area contributed by atoms with E-state index in [9.17, 15) is 14.4 Å². The van der Waals surface area contributed by atoms with Crippen LogP contribution in [0.3, 0.4) is 0 Å². The van der Waals surface area contributed by atoms with Crippen LogP contribution < -0.4 is 15.5 Å². The van der Waals surface area contributed by atoms with Crippen molar-refractivity contribution < 1.29 is 14.4 Å². The number of likely N-dealkylation sites (N-methyl/N-ethyl adjacent to an activating group) is 1. The Hall–Kier alpha value is -3.93. The monoisotopic (exact) mass is 441 g/mol. The zero-order valence-electron chi connectivity index (χ0n) is 19.0. The molecule has 0 radical (unpaired) electrons. The Bertz CT molecular complexity index is 1220. The van der Waals surface area contributed by atoms with Gasteiger partial charge >= 0.3 is 0 Å². The number of carbonyl (C=O) groups is 3. The van der Waals surface area contributed by atoms with Gasteiger partial charge in [-0.1, -0.05) is 72.3 Å². The maximum absolute atomic E-state index is 13.4. The number of para-hydroxylation sites is 1. The van der Waals surface area contributed by atoms with Crippen LogP contribution in [-0.2, 0) is 20.9 Å². The van der Waals surface area contributed by atoms with Gasteiger partial charge in [0.1, 0.15) is 12.0 Å². The number of hydrogen-bond donors (Lipinski definition) is 2. The van der Waals surface area contributed by atoms with Crippen molar-refractivity contribution in [3.63, 3.8) is 0 Å². The molecule has 1 aliphatic rings. The minimum atomic E-state index is -0.953. The zero-order valence-corrected chi connectivity index (χ0v) is 19.0. The van der Waals surface area contributed by atoms with Gasteiger partial charge in [0.05, 0.1) is 5.69 Å². The van der Waals surface area contributed by atoms with Crippen LogP contribution in [0.2, 0.25) is 0 Å². The van der Waals surface area contributed by atoms with E-state index in [1.54, 1.807) is 18.9 Å². The molecule has 0 saturated heterocycles. The van der Waals surface area contributed by atoms with Gasteiger partial charge in [-0.25, -0.2) is 0 Å². The van der Waals surface area contributed by atoms with Crippen molar-refractivity contribution in [1.82, 2.24) is 10.6 Å². The number of nitrogens with one attached hydrogen (secondary N) is 2. The molecule has 0 fully saturated rings. The van der Waals surface area contributed by atoms with Gasteiger partial charge in [0.25, 0.3) is 5.91 Å². The second kappa shape index (κ2) is 9.28. The Morgan fingerprint density at radius 1 is 0.939 bits per heavy atom. The number of carbonyl (C=O) groups excluding carboxylic acids is 3. The highest BCUT2D eigenvalue weighted by Gasteiger charge is 2.34. The topological polar surface area (TPSA) is 78.5 Å². The van der Waals surface area contributed by atoms with Gasteiger partial charge < -0.3 is 15.5 Å².